The van der Waals surface area contributed by atoms with Gasteiger partial charge in [0.05, 0.1) is 12.0 Å². The van der Waals surface area contributed by atoms with Crippen molar-refractivity contribution in [1.29, 1.82) is 0 Å². The van der Waals surface area contributed by atoms with Gasteiger partial charge in [-0.1, -0.05) is 19.3 Å². The molecule has 0 aromatic carbocycles. The first-order chi connectivity index (χ1) is 10.6. The number of nitrogens with one attached hydrogen (secondary N) is 2. The average Bonchev–Trinajstić information content (AvgIpc) is 2.96. The minimum absolute atomic E-state index is 0.158. The highest BCUT2D eigenvalue weighted by atomic mass is 16.5. The van der Waals surface area contributed by atoms with E-state index in [-0.39, 0.29) is 12.3 Å². The van der Waals surface area contributed by atoms with Crippen molar-refractivity contribution in [1.82, 2.24) is 10.2 Å². The van der Waals surface area contributed by atoms with E-state index in [0.717, 1.165) is 51.0 Å². The molecule has 0 atom stereocenters. The minimum atomic E-state index is -0.831. The summed E-state index contributed by atoms with van der Waals surface area (Å²) < 4.78 is 5.36. The fourth-order valence-electron chi connectivity index (χ4n) is 3.49. The van der Waals surface area contributed by atoms with Gasteiger partial charge in [0.25, 0.3) is 0 Å². The number of ether oxygens (including phenoxy) is 1. The van der Waals surface area contributed by atoms with Crippen LogP contribution in [0.3, 0.4) is 0 Å². The maximum Gasteiger partial charge on any atom is 0.228 e. The molecule has 1 aliphatic carbocycles. The first kappa shape index (κ1) is 15.5. The Balaban J connectivity index is 1.54. The molecule has 0 bridgehead atoms. The Bertz CT molecular complexity index is 502. The second kappa shape index (κ2) is 6.79. The Kier molecular flexibility index (Phi) is 4.78. The van der Waals surface area contributed by atoms with Crippen LogP contribution in [0.4, 0.5) is 5.82 Å². The summed E-state index contributed by atoms with van der Waals surface area (Å²) in [7, 11) is 0. The number of hydrogen-bond donors (Lipinski definition) is 3. The maximum atomic E-state index is 12.1. The van der Waals surface area contributed by atoms with E-state index < -0.39 is 5.60 Å². The van der Waals surface area contributed by atoms with Crippen LogP contribution < -0.4 is 5.32 Å². The van der Waals surface area contributed by atoms with Crippen molar-refractivity contribution in [3.8, 4) is 0 Å². The Morgan fingerprint density at radius 3 is 2.82 bits per heavy atom. The van der Waals surface area contributed by atoms with E-state index in [1.54, 1.807) is 0 Å². The second-order valence-corrected chi connectivity index (χ2v) is 6.61. The molecule has 0 spiro atoms. The number of anilines is 1. The Morgan fingerprint density at radius 1 is 1.36 bits per heavy atom. The predicted octanol–water partition coefficient (Wildman–Crippen LogP) is 2.33. The lowest BCUT2D eigenvalue weighted by molar-refractivity contribution is -0.122. The molecule has 3 rings (SSSR count). The van der Waals surface area contributed by atoms with E-state index in [4.69, 9.17) is 4.74 Å². The van der Waals surface area contributed by atoms with Gasteiger partial charge in [-0.2, -0.15) is 5.10 Å². The topological polar surface area (TPSA) is 87.2 Å². The summed E-state index contributed by atoms with van der Waals surface area (Å²) >= 11 is 0. The van der Waals surface area contributed by atoms with Crippen molar-refractivity contribution in [2.75, 3.05) is 18.5 Å². The van der Waals surface area contributed by atoms with Gasteiger partial charge in [0.1, 0.15) is 0 Å². The molecule has 1 saturated carbocycles. The largest absolute Gasteiger partial charge is 0.389 e. The number of rotatable bonds is 4. The van der Waals surface area contributed by atoms with Crippen LogP contribution in [-0.4, -0.2) is 40.0 Å². The highest BCUT2D eigenvalue weighted by Crippen LogP contribution is 2.31. The van der Waals surface area contributed by atoms with Crippen LogP contribution in [0.1, 0.15) is 63.0 Å². The van der Waals surface area contributed by atoms with Gasteiger partial charge >= 0.3 is 0 Å². The maximum absolute atomic E-state index is 12.1. The molecule has 3 N–H and O–H groups in total. The van der Waals surface area contributed by atoms with Gasteiger partial charge in [0.15, 0.2) is 5.82 Å². The Hall–Kier alpha value is -1.40. The van der Waals surface area contributed by atoms with Gasteiger partial charge in [0, 0.05) is 30.9 Å². The standard InChI is InChI=1S/C16H25N3O3/c20-15(11-16(21)6-2-1-3-7-16)17-14-10-13(18-19-14)12-4-8-22-9-5-12/h10,12,21H,1-9,11H2,(H2,17,18,19,20). The van der Waals surface area contributed by atoms with Crippen molar-refractivity contribution in [3.05, 3.63) is 11.8 Å². The number of H-pyrrole nitrogens is 1. The van der Waals surface area contributed by atoms with Crippen molar-refractivity contribution >= 4 is 11.7 Å². The second-order valence-electron chi connectivity index (χ2n) is 6.61. The third kappa shape index (κ3) is 3.87. The van der Waals surface area contributed by atoms with Crippen molar-refractivity contribution in [2.24, 2.45) is 0 Å². The first-order valence-electron chi connectivity index (χ1n) is 8.30. The molecule has 22 heavy (non-hydrogen) atoms. The van der Waals surface area contributed by atoms with Crippen LogP contribution >= 0.6 is 0 Å². The summed E-state index contributed by atoms with van der Waals surface area (Å²) in [5.41, 5.74) is 0.220. The molecule has 1 aliphatic heterocycles. The zero-order chi connectivity index (χ0) is 15.4. The number of amides is 1. The van der Waals surface area contributed by atoms with Gasteiger partial charge in [-0.3, -0.25) is 9.89 Å². The number of aromatic amines is 1. The fourth-order valence-corrected chi connectivity index (χ4v) is 3.49. The van der Waals surface area contributed by atoms with E-state index in [2.05, 4.69) is 15.5 Å². The predicted molar refractivity (Wildman–Crippen MR) is 82.7 cm³/mol. The van der Waals surface area contributed by atoms with Crippen LogP contribution in [0.15, 0.2) is 6.07 Å². The third-order valence-electron chi connectivity index (χ3n) is 4.80. The Labute approximate surface area is 130 Å². The molecule has 6 heteroatoms. The van der Waals surface area contributed by atoms with Crippen molar-refractivity contribution < 1.29 is 14.6 Å². The van der Waals surface area contributed by atoms with Crippen LogP contribution in [0, 0.1) is 0 Å². The van der Waals surface area contributed by atoms with Crippen LogP contribution in [0.5, 0.6) is 0 Å². The number of carbonyl (C=O) groups excluding carboxylic acids is 1. The van der Waals surface area contributed by atoms with Crippen molar-refractivity contribution in [2.45, 2.75) is 62.9 Å². The molecule has 0 unspecified atom stereocenters. The molecule has 1 amide bonds. The smallest absolute Gasteiger partial charge is 0.228 e. The summed E-state index contributed by atoms with van der Waals surface area (Å²) in [6.45, 7) is 1.55. The lowest BCUT2D eigenvalue weighted by Gasteiger charge is -2.31. The van der Waals surface area contributed by atoms with Crippen LogP contribution in [0.25, 0.3) is 0 Å². The highest BCUT2D eigenvalue weighted by molar-refractivity contribution is 5.90. The first-order valence-corrected chi connectivity index (χ1v) is 8.30. The molecule has 2 heterocycles. The van der Waals surface area contributed by atoms with Gasteiger partial charge in [-0.15, -0.1) is 0 Å². The average molecular weight is 307 g/mol. The minimum Gasteiger partial charge on any atom is -0.389 e. The van der Waals surface area contributed by atoms with E-state index in [1.165, 1.54) is 0 Å². The lowest BCUT2D eigenvalue weighted by Crippen LogP contribution is -2.35. The molecule has 2 aliphatic rings. The van der Waals surface area contributed by atoms with Crippen molar-refractivity contribution in [3.63, 3.8) is 0 Å². The van der Waals surface area contributed by atoms with Crippen LogP contribution in [-0.2, 0) is 9.53 Å². The summed E-state index contributed by atoms with van der Waals surface area (Å²) in [5.74, 6) is 0.815. The molecular formula is C16H25N3O3. The quantitative estimate of drug-likeness (QED) is 0.796. The van der Waals surface area contributed by atoms with E-state index >= 15 is 0 Å². The molecule has 1 aromatic rings. The molecule has 2 fully saturated rings. The number of aromatic nitrogens is 2. The zero-order valence-electron chi connectivity index (χ0n) is 12.9. The van der Waals surface area contributed by atoms with Gasteiger partial charge in [-0.05, 0) is 25.7 Å². The van der Waals surface area contributed by atoms with E-state index in [9.17, 15) is 9.90 Å². The molecule has 1 saturated heterocycles. The summed E-state index contributed by atoms with van der Waals surface area (Å²) in [6, 6.07) is 1.90. The number of hydrogen-bond acceptors (Lipinski definition) is 4. The summed E-state index contributed by atoms with van der Waals surface area (Å²) in [5, 5.41) is 20.4. The molecule has 1 aromatic heterocycles. The molecule has 122 valence electrons. The number of nitrogens with zero attached hydrogens (tertiary/aromatic N) is 1. The number of carbonyl (C=O) groups is 1. The highest BCUT2D eigenvalue weighted by Gasteiger charge is 2.31. The lowest BCUT2D eigenvalue weighted by atomic mass is 9.82. The zero-order valence-corrected chi connectivity index (χ0v) is 12.9. The Morgan fingerprint density at radius 2 is 2.09 bits per heavy atom. The fraction of sp³-hybridized carbons (Fsp3) is 0.750. The van der Waals surface area contributed by atoms with Gasteiger partial charge in [0.2, 0.25) is 5.91 Å². The number of aliphatic hydroxyl groups is 1. The summed E-state index contributed by atoms with van der Waals surface area (Å²) in [6.07, 6.45) is 6.71. The normalized spacial score (nSPS) is 22.4. The third-order valence-corrected chi connectivity index (χ3v) is 4.80. The molecule has 0 radical (unpaired) electrons. The monoisotopic (exact) mass is 307 g/mol. The van der Waals surface area contributed by atoms with E-state index in [1.807, 2.05) is 6.07 Å². The van der Waals surface area contributed by atoms with E-state index in [0.29, 0.717) is 24.6 Å². The molecular weight excluding hydrogens is 282 g/mol. The van der Waals surface area contributed by atoms with Crippen LogP contribution in [0.2, 0.25) is 0 Å². The van der Waals surface area contributed by atoms with Gasteiger partial charge < -0.3 is 15.2 Å². The summed E-state index contributed by atoms with van der Waals surface area (Å²) in [4.78, 5) is 12.1. The molecule has 6 nitrogen and oxygen atoms in total. The van der Waals surface area contributed by atoms with Gasteiger partial charge in [-0.25, -0.2) is 0 Å². The SMILES string of the molecule is O=C(CC1(O)CCCCC1)Nc1cc(C2CCOCC2)[nH]n1.